The number of unbranched alkanes of at least 4 members (excludes halogenated alkanes) is 2. The molecule has 2 aromatic carbocycles. The van der Waals surface area contributed by atoms with Crippen LogP contribution in [0.1, 0.15) is 64.4 Å². The van der Waals surface area contributed by atoms with Crippen LogP contribution < -0.4 is 4.74 Å². The van der Waals surface area contributed by atoms with Crippen LogP contribution in [0.25, 0.3) is 11.1 Å². The highest BCUT2D eigenvalue weighted by atomic mass is 16.5. The molecule has 0 saturated carbocycles. The molecule has 0 amide bonds. The summed E-state index contributed by atoms with van der Waals surface area (Å²) in [5, 5.41) is 9.48. The Morgan fingerprint density at radius 2 is 1.54 bits per heavy atom. The van der Waals surface area contributed by atoms with Gasteiger partial charge in [-0.2, -0.15) is 5.26 Å². The van der Waals surface area contributed by atoms with Gasteiger partial charge in [0.2, 0.25) is 0 Å². The van der Waals surface area contributed by atoms with Crippen molar-refractivity contribution in [3.8, 4) is 22.9 Å². The normalized spacial score (nSPS) is 13.0. The quantitative estimate of drug-likeness (QED) is 0.434. The van der Waals surface area contributed by atoms with E-state index in [0.29, 0.717) is 5.92 Å². The van der Waals surface area contributed by atoms with Gasteiger partial charge in [-0.1, -0.05) is 76.4 Å². The molecular weight excluding hydrogens is 318 g/mol. The third kappa shape index (κ3) is 5.92. The van der Waals surface area contributed by atoms with E-state index in [1.54, 1.807) is 0 Å². The third-order valence-corrected chi connectivity index (χ3v) is 5.01. The first-order chi connectivity index (χ1) is 12.7. The molecule has 0 fully saturated rings. The summed E-state index contributed by atoms with van der Waals surface area (Å²) in [5.74, 6) is 1.49. The van der Waals surface area contributed by atoms with Crippen LogP contribution in [0.2, 0.25) is 0 Å². The molecule has 0 aliphatic carbocycles. The molecule has 0 aliphatic rings. The summed E-state index contributed by atoms with van der Waals surface area (Å²) in [7, 11) is 0. The van der Waals surface area contributed by atoms with Crippen molar-refractivity contribution >= 4 is 0 Å². The van der Waals surface area contributed by atoms with Crippen molar-refractivity contribution in [2.75, 3.05) is 6.61 Å². The van der Waals surface area contributed by atoms with E-state index in [2.05, 4.69) is 63.2 Å². The maximum atomic E-state index is 9.48. The molecule has 0 heterocycles. The molecule has 2 atom stereocenters. The smallest absolute Gasteiger partial charge is 0.119 e. The van der Waals surface area contributed by atoms with Gasteiger partial charge in [-0.25, -0.2) is 0 Å². The van der Waals surface area contributed by atoms with Crippen LogP contribution in [0.3, 0.4) is 0 Å². The largest absolute Gasteiger partial charge is 0.494 e. The zero-order valence-corrected chi connectivity index (χ0v) is 16.4. The van der Waals surface area contributed by atoms with E-state index in [0.717, 1.165) is 37.2 Å². The Labute approximate surface area is 158 Å². The first-order valence-electron chi connectivity index (χ1n) is 9.90. The van der Waals surface area contributed by atoms with Crippen LogP contribution in [0, 0.1) is 17.2 Å². The zero-order chi connectivity index (χ0) is 18.8. The van der Waals surface area contributed by atoms with E-state index in [1.165, 1.54) is 24.0 Å². The number of nitrogens with zero attached hydrogens (tertiary/aromatic N) is 1. The molecule has 26 heavy (non-hydrogen) atoms. The van der Waals surface area contributed by atoms with Gasteiger partial charge >= 0.3 is 0 Å². The predicted octanol–water partition coefficient (Wildman–Crippen LogP) is 6.97. The Morgan fingerprint density at radius 1 is 0.923 bits per heavy atom. The summed E-state index contributed by atoms with van der Waals surface area (Å²) in [6, 6.07) is 19.2. The molecule has 0 radical (unpaired) electrons. The monoisotopic (exact) mass is 349 g/mol. The fraction of sp³-hybridized carbons (Fsp3) is 0.458. The average molecular weight is 350 g/mol. The minimum atomic E-state index is -0.0158. The maximum Gasteiger partial charge on any atom is 0.119 e. The molecule has 0 aliphatic heterocycles. The first kappa shape index (κ1) is 20.0. The summed E-state index contributed by atoms with van der Waals surface area (Å²) >= 11 is 0. The van der Waals surface area contributed by atoms with Gasteiger partial charge < -0.3 is 4.74 Å². The van der Waals surface area contributed by atoms with Crippen LogP contribution in [0.15, 0.2) is 48.5 Å². The van der Waals surface area contributed by atoms with E-state index in [1.807, 2.05) is 12.1 Å². The van der Waals surface area contributed by atoms with E-state index >= 15 is 0 Å². The second-order valence-corrected chi connectivity index (χ2v) is 7.13. The molecule has 1 unspecified atom stereocenters. The van der Waals surface area contributed by atoms with Gasteiger partial charge in [-0.3, -0.25) is 0 Å². The van der Waals surface area contributed by atoms with Crippen molar-refractivity contribution in [2.45, 2.75) is 58.8 Å². The van der Waals surface area contributed by atoms with E-state index < -0.39 is 0 Å². The number of benzene rings is 2. The lowest BCUT2D eigenvalue weighted by Gasteiger charge is -2.14. The molecular formula is C24H31NO. The molecule has 2 nitrogen and oxygen atoms in total. The Morgan fingerprint density at radius 3 is 2.08 bits per heavy atom. The van der Waals surface area contributed by atoms with E-state index in [-0.39, 0.29) is 5.92 Å². The van der Waals surface area contributed by atoms with Crippen molar-refractivity contribution in [2.24, 2.45) is 5.92 Å². The molecule has 2 aromatic rings. The van der Waals surface area contributed by atoms with Gasteiger partial charge in [0, 0.05) is 0 Å². The highest BCUT2D eigenvalue weighted by molar-refractivity contribution is 5.64. The summed E-state index contributed by atoms with van der Waals surface area (Å²) < 4.78 is 5.78. The Balaban J connectivity index is 2.00. The van der Waals surface area contributed by atoms with Crippen molar-refractivity contribution < 1.29 is 4.74 Å². The van der Waals surface area contributed by atoms with Gasteiger partial charge in [0.05, 0.1) is 18.6 Å². The van der Waals surface area contributed by atoms with Crippen molar-refractivity contribution in [1.29, 1.82) is 5.26 Å². The van der Waals surface area contributed by atoms with Gasteiger partial charge in [-0.05, 0) is 47.6 Å². The van der Waals surface area contributed by atoms with Gasteiger partial charge in [-0.15, -0.1) is 0 Å². The standard InChI is InChI=1S/C24H31NO/c1-4-6-7-16-26-24-14-12-21(13-15-24)20-8-10-22(11-9-20)23(18-25)17-19(3)5-2/h8-15,19,23H,4-7,16-17H2,1-3H3/t19?,23-/m1/s1. The second-order valence-electron chi connectivity index (χ2n) is 7.13. The fourth-order valence-electron chi connectivity index (χ4n) is 3.03. The van der Waals surface area contributed by atoms with Crippen molar-refractivity contribution in [3.05, 3.63) is 54.1 Å². The lowest BCUT2D eigenvalue weighted by Crippen LogP contribution is -2.02. The predicted molar refractivity (Wildman–Crippen MR) is 109 cm³/mol. The van der Waals surface area contributed by atoms with Gasteiger partial charge in [0.1, 0.15) is 5.75 Å². The number of nitriles is 1. The van der Waals surface area contributed by atoms with Crippen LogP contribution >= 0.6 is 0 Å². The summed E-state index contributed by atoms with van der Waals surface area (Å²) in [6.45, 7) is 7.38. The minimum Gasteiger partial charge on any atom is -0.494 e. The molecule has 0 N–H and O–H groups in total. The summed E-state index contributed by atoms with van der Waals surface area (Å²) in [5.41, 5.74) is 3.46. The zero-order valence-electron chi connectivity index (χ0n) is 16.4. The highest BCUT2D eigenvalue weighted by Crippen LogP contribution is 2.28. The molecule has 0 saturated heterocycles. The maximum absolute atomic E-state index is 9.48. The van der Waals surface area contributed by atoms with Gasteiger partial charge in [0.25, 0.3) is 0 Å². The first-order valence-corrected chi connectivity index (χ1v) is 9.90. The molecule has 0 bridgehead atoms. The Kier molecular flexibility index (Phi) is 8.22. The molecule has 2 heteroatoms. The van der Waals surface area contributed by atoms with Crippen molar-refractivity contribution in [1.82, 2.24) is 0 Å². The second kappa shape index (κ2) is 10.7. The third-order valence-electron chi connectivity index (χ3n) is 5.01. The molecule has 2 rings (SSSR count). The summed E-state index contributed by atoms with van der Waals surface area (Å²) in [6.07, 6.45) is 5.57. The topological polar surface area (TPSA) is 33.0 Å². The van der Waals surface area contributed by atoms with Crippen LogP contribution in [0.4, 0.5) is 0 Å². The van der Waals surface area contributed by atoms with Crippen LogP contribution in [0.5, 0.6) is 5.75 Å². The summed E-state index contributed by atoms with van der Waals surface area (Å²) in [4.78, 5) is 0. The van der Waals surface area contributed by atoms with Crippen LogP contribution in [-0.4, -0.2) is 6.61 Å². The average Bonchev–Trinajstić information content (AvgIpc) is 2.70. The lowest BCUT2D eigenvalue weighted by molar-refractivity contribution is 0.306. The van der Waals surface area contributed by atoms with Gasteiger partial charge in [0.15, 0.2) is 0 Å². The van der Waals surface area contributed by atoms with Crippen molar-refractivity contribution in [3.63, 3.8) is 0 Å². The SMILES string of the molecule is CCCCCOc1ccc(-c2ccc([C@@H](C#N)CC(C)CC)cc2)cc1. The lowest BCUT2D eigenvalue weighted by atomic mass is 9.89. The number of ether oxygens (including phenoxy) is 1. The fourth-order valence-corrected chi connectivity index (χ4v) is 3.03. The highest BCUT2D eigenvalue weighted by Gasteiger charge is 2.14. The molecule has 0 spiro atoms. The number of rotatable bonds is 10. The molecule has 0 aromatic heterocycles. The van der Waals surface area contributed by atoms with Crippen LogP contribution in [-0.2, 0) is 0 Å². The number of hydrogen-bond acceptors (Lipinski definition) is 2. The number of hydrogen-bond donors (Lipinski definition) is 0. The molecule has 138 valence electrons. The Bertz CT molecular complexity index is 682. The van der Waals surface area contributed by atoms with E-state index in [4.69, 9.17) is 4.74 Å². The Hall–Kier alpha value is -2.27. The minimum absolute atomic E-state index is 0.0158. The van der Waals surface area contributed by atoms with E-state index in [9.17, 15) is 5.26 Å².